The largest absolute Gasteiger partial charge is 0.462 e. The third-order valence-electron chi connectivity index (χ3n) is 2.47. The van der Waals surface area contributed by atoms with E-state index in [9.17, 15) is 13.2 Å². The summed E-state index contributed by atoms with van der Waals surface area (Å²) in [6.07, 6.45) is 2.68. The van der Waals surface area contributed by atoms with E-state index >= 15 is 0 Å². The van der Waals surface area contributed by atoms with Crippen molar-refractivity contribution in [3.8, 4) is 0 Å². The van der Waals surface area contributed by atoms with Crippen LogP contribution in [0, 0.1) is 0 Å². The van der Waals surface area contributed by atoms with Crippen LogP contribution in [0.25, 0.3) is 0 Å². The molecule has 1 aromatic carbocycles. The molecule has 0 bridgehead atoms. The molecule has 1 rings (SSSR count). The molecule has 0 aliphatic rings. The van der Waals surface area contributed by atoms with Crippen LogP contribution in [-0.2, 0) is 13.8 Å². The number of hydrogen-bond donors (Lipinski definition) is 0. The van der Waals surface area contributed by atoms with Crippen molar-refractivity contribution < 1.29 is 17.9 Å². The summed E-state index contributed by atoms with van der Waals surface area (Å²) in [5, 5.41) is -0.293. The van der Waals surface area contributed by atoms with E-state index in [2.05, 4.69) is 0 Å². The van der Waals surface area contributed by atoms with Gasteiger partial charge < -0.3 is 4.74 Å². The maximum atomic E-state index is 11.8. The van der Waals surface area contributed by atoms with Crippen molar-refractivity contribution >= 4 is 48.9 Å². The first-order valence-corrected chi connectivity index (χ1v) is 8.94. The number of carbonyl (C=O) groups excluding carboxylic acids is 1. The first kappa shape index (κ1) is 17.6. The van der Waals surface area contributed by atoms with Crippen molar-refractivity contribution in [1.82, 2.24) is 0 Å². The second-order valence-electron chi connectivity index (χ2n) is 4.05. The fourth-order valence-corrected chi connectivity index (χ4v) is 3.22. The zero-order valence-electron chi connectivity index (χ0n) is 10.7. The van der Waals surface area contributed by atoms with Crippen molar-refractivity contribution in [3.63, 3.8) is 0 Å². The summed E-state index contributed by atoms with van der Waals surface area (Å²) in [4.78, 5) is 11.4. The number of esters is 1. The number of ether oxygens (including phenoxy) is 1. The van der Waals surface area contributed by atoms with Gasteiger partial charge in [0, 0.05) is 10.7 Å². The zero-order chi connectivity index (χ0) is 15.3. The lowest BCUT2D eigenvalue weighted by atomic mass is 10.2. The smallest absolute Gasteiger partial charge is 0.338 e. The summed E-state index contributed by atoms with van der Waals surface area (Å²) in [5.74, 6) is -0.666. The van der Waals surface area contributed by atoms with E-state index in [0.29, 0.717) is 0 Å². The van der Waals surface area contributed by atoms with Crippen LogP contribution >= 0.6 is 33.9 Å². The van der Waals surface area contributed by atoms with Gasteiger partial charge in [0.15, 0.2) is 0 Å². The first-order chi connectivity index (χ1) is 9.27. The summed E-state index contributed by atoms with van der Waals surface area (Å²) in [5.41, 5.74) is -0.00452. The molecule has 0 heterocycles. The Labute approximate surface area is 132 Å². The highest BCUT2D eigenvalue weighted by Gasteiger charge is 2.21. The minimum Gasteiger partial charge on any atom is -0.462 e. The lowest BCUT2D eigenvalue weighted by Gasteiger charge is -2.08. The molecule has 0 atom stereocenters. The van der Waals surface area contributed by atoms with Gasteiger partial charge in [-0.1, -0.05) is 43.0 Å². The number of hydrogen-bond acceptors (Lipinski definition) is 4. The Bertz CT molecular complexity index is 599. The molecule has 0 saturated heterocycles. The summed E-state index contributed by atoms with van der Waals surface area (Å²) in [7, 11) is 1.14. The molecule has 0 unspecified atom stereocenters. The first-order valence-electron chi connectivity index (χ1n) is 5.88. The van der Waals surface area contributed by atoms with Crippen LogP contribution in [0.2, 0.25) is 10.0 Å². The van der Waals surface area contributed by atoms with Crippen LogP contribution in [0.4, 0.5) is 0 Å². The summed E-state index contributed by atoms with van der Waals surface area (Å²) >= 11 is 11.5. The van der Waals surface area contributed by atoms with Crippen LogP contribution in [0.1, 0.15) is 36.5 Å². The molecule has 0 aromatic heterocycles. The average Bonchev–Trinajstić information content (AvgIpc) is 2.36. The predicted octanol–water partition coefficient (Wildman–Crippen LogP) is 4.27. The SMILES string of the molecule is CCCCCOC(=O)c1cc(Cl)c(Cl)c(S(=O)(=O)Cl)c1. The van der Waals surface area contributed by atoms with E-state index in [1.165, 1.54) is 6.07 Å². The fourth-order valence-electron chi connectivity index (χ4n) is 1.46. The van der Waals surface area contributed by atoms with Gasteiger partial charge in [-0.05, 0) is 18.6 Å². The number of rotatable bonds is 6. The van der Waals surface area contributed by atoms with Gasteiger partial charge in [-0.3, -0.25) is 0 Å². The minimum absolute atomic E-state index is 0.00452. The highest BCUT2D eigenvalue weighted by atomic mass is 35.7. The molecule has 1 aromatic rings. The van der Waals surface area contributed by atoms with Crippen molar-refractivity contribution in [2.75, 3.05) is 6.61 Å². The molecule has 0 fully saturated rings. The Balaban J connectivity index is 2.97. The van der Waals surface area contributed by atoms with Crippen molar-refractivity contribution in [1.29, 1.82) is 0 Å². The van der Waals surface area contributed by atoms with Gasteiger partial charge in [-0.25, -0.2) is 13.2 Å². The van der Waals surface area contributed by atoms with Crippen LogP contribution in [-0.4, -0.2) is 21.0 Å². The highest BCUT2D eigenvalue weighted by Crippen LogP contribution is 2.32. The van der Waals surface area contributed by atoms with E-state index < -0.39 is 19.9 Å². The molecular formula is C12H13Cl3O4S. The van der Waals surface area contributed by atoms with Gasteiger partial charge >= 0.3 is 5.97 Å². The molecule has 0 spiro atoms. The number of unbranched alkanes of at least 4 members (excludes halogenated alkanes) is 2. The van der Waals surface area contributed by atoms with Gasteiger partial charge in [-0.15, -0.1) is 0 Å². The maximum absolute atomic E-state index is 11.8. The fraction of sp³-hybridized carbons (Fsp3) is 0.417. The second kappa shape index (κ2) is 7.50. The predicted molar refractivity (Wildman–Crippen MR) is 79.3 cm³/mol. The Hall–Kier alpha value is -0.490. The molecule has 112 valence electrons. The Morgan fingerprint density at radius 3 is 2.45 bits per heavy atom. The summed E-state index contributed by atoms with van der Waals surface area (Å²) in [6.45, 7) is 2.29. The third kappa shape index (κ3) is 4.81. The molecule has 0 aliphatic carbocycles. The summed E-state index contributed by atoms with van der Waals surface area (Å²) < 4.78 is 27.7. The van der Waals surface area contributed by atoms with Crippen LogP contribution < -0.4 is 0 Å². The van der Waals surface area contributed by atoms with E-state index in [4.69, 9.17) is 38.6 Å². The standard InChI is InChI=1S/C12H13Cl3O4S/c1-2-3-4-5-19-12(16)8-6-9(13)11(14)10(7-8)20(15,17)18/h6-7H,2-5H2,1H3. The molecule has 0 saturated carbocycles. The normalized spacial score (nSPS) is 11.4. The highest BCUT2D eigenvalue weighted by molar-refractivity contribution is 8.13. The van der Waals surface area contributed by atoms with E-state index in [1.807, 2.05) is 6.92 Å². The van der Waals surface area contributed by atoms with Gasteiger partial charge in [0.1, 0.15) is 4.90 Å². The summed E-state index contributed by atoms with van der Waals surface area (Å²) in [6, 6.07) is 2.30. The molecule has 4 nitrogen and oxygen atoms in total. The lowest BCUT2D eigenvalue weighted by Crippen LogP contribution is -2.08. The van der Waals surface area contributed by atoms with Gasteiger partial charge in [0.05, 0.1) is 22.2 Å². The zero-order valence-corrected chi connectivity index (χ0v) is 13.7. The van der Waals surface area contributed by atoms with Gasteiger partial charge in [0.25, 0.3) is 9.05 Å². The number of halogens is 3. The topological polar surface area (TPSA) is 60.4 Å². The molecular weight excluding hydrogens is 347 g/mol. The van der Waals surface area contributed by atoms with Crippen LogP contribution in [0.5, 0.6) is 0 Å². The Morgan fingerprint density at radius 2 is 1.90 bits per heavy atom. The third-order valence-corrected chi connectivity index (χ3v) is 4.73. The molecule has 0 aliphatic heterocycles. The Morgan fingerprint density at radius 1 is 1.25 bits per heavy atom. The number of benzene rings is 1. The molecule has 0 radical (unpaired) electrons. The monoisotopic (exact) mass is 358 g/mol. The van der Waals surface area contributed by atoms with E-state index in [0.717, 1.165) is 25.3 Å². The minimum atomic E-state index is -4.09. The van der Waals surface area contributed by atoms with Crippen molar-refractivity contribution in [2.24, 2.45) is 0 Å². The molecule has 0 amide bonds. The van der Waals surface area contributed by atoms with E-state index in [1.54, 1.807) is 0 Å². The average molecular weight is 360 g/mol. The van der Waals surface area contributed by atoms with Gasteiger partial charge in [0.2, 0.25) is 0 Å². The maximum Gasteiger partial charge on any atom is 0.338 e. The van der Waals surface area contributed by atoms with Crippen molar-refractivity contribution in [3.05, 3.63) is 27.7 Å². The Kier molecular flexibility index (Phi) is 6.58. The lowest BCUT2D eigenvalue weighted by molar-refractivity contribution is 0.0498. The molecule has 8 heteroatoms. The van der Waals surface area contributed by atoms with Crippen molar-refractivity contribution in [2.45, 2.75) is 31.1 Å². The molecule has 0 N–H and O–H groups in total. The molecule has 20 heavy (non-hydrogen) atoms. The van der Waals surface area contributed by atoms with Crippen LogP contribution in [0.15, 0.2) is 17.0 Å². The second-order valence-corrected chi connectivity index (χ2v) is 7.37. The van der Waals surface area contributed by atoms with Crippen LogP contribution in [0.3, 0.4) is 0 Å². The van der Waals surface area contributed by atoms with E-state index in [-0.39, 0.29) is 22.2 Å². The quantitative estimate of drug-likeness (QED) is 0.432. The number of carbonyl (C=O) groups is 1. The van der Waals surface area contributed by atoms with Gasteiger partial charge in [-0.2, -0.15) is 0 Å².